The molecule has 0 aliphatic rings. The molecule has 1 aromatic heterocycles. The lowest BCUT2D eigenvalue weighted by molar-refractivity contribution is 0.596. The van der Waals surface area contributed by atoms with Crippen LogP contribution in [-0.4, -0.2) is 11.0 Å². The number of nitrogens with two attached hydrogens (primary N) is 1. The first-order valence-electron chi connectivity index (χ1n) is 6.04. The van der Waals surface area contributed by atoms with Crippen LogP contribution in [0.2, 0.25) is 0 Å². The number of nitrogens with one attached hydrogen (secondary N) is 1. The van der Waals surface area contributed by atoms with E-state index in [1.54, 1.807) is 0 Å². The highest BCUT2D eigenvalue weighted by Gasteiger charge is 2.08. The number of aromatic nitrogens is 1. The summed E-state index contributed by atoms with van der Waals surface area (Å²) in [6.07, 6.45) is 3.20. The van der Waals surface area contributed by atoms with Crippen LogP contribution in [-0.2, 0) is 6.42 Å². The van der Waals surface area contributed by atoms with Gasteiger partial charge >= 0.3 is 0 Å². The van der Waals surface area contributed by atoms with E-state index in [1.165, 1.54) is 22.2 Å². The highest BCUT2D eigenvalue weighted by atomic mass is 14.7. The van der Waals surface area contributed by atoms with E-state index in [0.29, 0.717) is 6.04 Å². The summed E-state index contributed by atoms with van der Waals surface area (Å²) in [6, 6.07) is 8.81. The molecule has 0 saturated carbocycles. The van der Waals surface area contributed by atoms with Gasteiger partial charge in [-0.3, -0.25) is 0 Å². The van der Waals surface area contributed by atoms with Crippen molar-refractivity contribution in [1.82, 2.24) is 4.98 Å². The standard InChI is InChI=1S/C14H20N2/c1-3-11(15)8-9-12-10(2)16-14-7-5-4-6-13(12)14/h4-7,11,16H,3,8-9,15H2,1-2H3. The van der Waals surface area contributed by atoms with Gasteiger partial charge in [-0.1, -0.05) is 25.1 Å². The highest BCUT2D eigenvalue weighted by Crippen LogP contribution is 2.23. The Morgan fingerprint density at radius 3 is 2.81 bits per heavy atom. The number of benzene rings is 1. The van der Waals surface area contributed by atoms with Gasteiger partial charge in [-0.15, -0.1) is 0 Å². The van der Waals surface area contributed by atoms with Crippen molar-refractivity contribution in [3.63, 3.8) is 0 Å². The van der Waals surface area contributed by atoms with Crippen LogP contribution >= 0.6 is 0 Å². The van der Waals surface area contributed by atoms with Crippen molar-refractivity contribution >= 4 is 10.9 Å². The van der Waals surface area contributed by atoms with Gasteiger partial charge in [0.15, 0.2) is 0 Å². The third kappa shape index (κ3) is 2.12. The summed E-state index contributed by atoms with van der Waals surface area (Å²) in [7, 11) is 0. The molecular weight excluding hydrogens is 196 g/mol. The van der Waals surface area contributed by atoms with Crippen molar-refractivity contribution in [2.75, 3.05) is 0 Å². The molecule has 2 nitrogen and oxygen atoms in total. The van der Waals surface area contributed by atoms with Gasteiger partial charge in [0.05, 0.1) is 0 Å². The lowest BCUT2D eigenvalue weighted by Gasteiger charge is -2.08. The van der Waals surface area contributed by atoms with Crippen LogP contribution in [0.25, 0.3) is 10.9 Å². The van der Waals surface area contributed by atoms with Crippen molar-refractivity contribution in [2.45, 2.75) is 39.2 Å². The predicted octanol–water partition coefficient (Wildman–Crippen LogP) is 3.15. The van der Waals surface area contributed by atoms with Crippen molar-refractivity contribution in [1.29, 1.82) is 0 Å². The molecule has 2 rings (SSSR count). The molecule has 1 atom stereocenters. The fourth-order valence-corrected chi connectivity index (χ4v) is 2.19. The Morgan fingerprint density at radius 2 is 2.06 bits per heavy atom. The predicted molar refractivity (Wildman–Crippen MR) is 69.6 cm³/mol. The van der Waals surface area contributed by atoms with Gasteiger partial charge in [0, 0.05) is 22.6 Å². The first kappa shape index (κ1) is 11.2. The molecule has 0 saturated heterocycles. The van der Waals surface area contributed by atoms with E-state index in [9.17, 15) is 0 Å². The van der Waals surface area contributed by atoms with Crippen LogP contribution < -0.4 is 5.73 Å². The van der Waals surface area contributed by atoms with Crippen molar-refractivity contribution in [2.24, 2.45) is 5.73 Å². The zero-order valence-electron chi connectivity index (χ0n) is 10.1. The number of hydrogen-bond acceptors (Lipinski definition) is 1. The SMILES string of the molecule is CCC(N)CCc1c(C)[nH]c2ccccc12. The summed E-state index contributed by atoms with van der Waals surface area (Å²) in [6.45, 7) is 4.29. The molecule has 0 spiro atoms. The second kappa shape index (κ2) is 4.71. The average molecular weight is 216 g/mol. The Kier molecular flexibility index (Phi) is 3.30. The molecule has 0 aliphatic heterocycles. The number of para-hydroxylation sites is 1. The fraction of sp³-hybridized carbons (Fsp3) is 0.429. The van der Waals surface area contributed by atoms with E-state index in [1.807, 2.05) is 0 Å². The fourth-order valence-electron chi connectivity index (χ4n) is 2.19. The minimum atomic E-state index is 0.327. The molecule has 0 amide bonds. The van der Waals surface area contributed by atoms with Gasteiger partial charge in [-0.25, -0.2) is 0 Å². The summed E-state index contributed by atoms with van der Waals surface area (Å²) in [5.41, 5.74) is 9.92. The van der Waals surface area contributed by atoms with E-state index < -0.39 is 0 Å². The second-order valence-electron chi connectivity index (χ2n) is 4.48. The normalized spacial score (nSPS) is 13.2. The number of aromatic amines is 1. The first-order valence-corrected chi connectivity index (χ1v) is 6.04. The van der Waals surface area contributed by atoms with E-state index in [4.69, 9.17) is 5.73 Å². The van der Waals surface area contributed by atoms with Crippen LogP contribution in [0.5, 0.6) is 0 Å². The Morgan fingerprint density at radius 1 is 1.31 bits per heavy atom. The molecule has 0 fully saturated rings. The van der Waals surface area contributed by atoms with Crippen molar-refractivity contribution in [3.8, 4) is 0 Å². The summed E-state index contributed by atoms with van der Waals surface area (Å²) < 4.78 is 0. The Hall–Kier alpha value is -1.28. The topological polar surface area (TPSA) is 41.8 Å². The third-order valence-corrected chi connectivity index (χ3v) is 3.32. The number of fused-ring (bicyclic) bond motifs is 1. The van der Waals surface area contributed by atoms with Crippen LogP contribution in [0.4, 0.5) is 0 Å². The molecule has 0 radical (unpaired) electrons. The van der Waals surface area contributed by atoms with E-state index in [0.717, 1.165) is 19.3 Å². The molecule has 1 unspecified atom stereocenters. The number of rotatable bonds is 4. The Bertz CT molecular complexity index is 471. The molecular formula is C14H20N2. The van der Waals surface area contributed by atoms with Crippen molar-refractivity contribution in [3.05, 3.63) is 35.5 Å². The number of hydrogen-bond donors (Lipinski definition) is 2. The van der Waals surface area contributed by atoms with Crippen LogP contribution in [0.15, 0.2) is 24.3 Å². The van der Waals surface area contributed by atoms with Crippen LogP contribution in [0, 0.1) is 6.92 Å². The van der Waals surface area contributed by atoms with E-state index in [-0.39, 0.29) is 0 Å². The lowest BCUT2D eigenvalue weighted by Crippen LogP contribution is -2.19. The van der Waals surface area contributed by atoms with Crippen molar-refractivity contribution < 1.29 is 0 Å². The molecule has 0 aliphatic carbocycles. The zero-order chi connectivity index (χ0) is 11.5. The minimum Gasteiger partial charge on any atom is -0.358 e. The summed E-state index contributed by atoms with van der Waals surface area (Å²) >= 11 is 0. The maximum absolute atomic E-state index is 5.97. The highest BCUT2D eigenvalue weighted by molar-refractivity contribution is 5.84. The molecule has 2 aromatic rings. The number of aryl methyl sites for hydroxylation is 2. The Labute approximate surface area is 96.9 Å². The van der Waals surface area contributed by atoms with Crippen LogP contribution in [0.3, 0.4) is 0 Å². The van der Waals surface area contributed by atoms with Crippen LogP contribution in [0.1, 0.15) is 31.0 Å². The smallest absolute Gasteiger partial charge is 0.0458 e. The third-order valence-electron chi connectivity index (χ3n) is 3.32. The maximum atomic E-state index is 5.97. The molecule has 0 bridgehead atoms. The molecule has 3 N–H and O–H groups in total. The van der Waals surface area contributed by atoms with Gasteiger partial charge in [0.1, 0.15) is 0 Å². The number of H-pyrrole nitrogens is 1. The van der Waals surface area contributed by atoms with Gasteiger partial charge in [-0.05, 0) is 37.8 Å². The van der Waals surface area contributed by atoms with E-state index in [2.05, 4.69) is 43.1 Å². The zero-order valence-corrected chi connectivity index (χ0v) is 10.1. The lowest BCUT2D eigenvalue weighted by atomic mass is 10.0. The largest absolute Gasteiger partial charge is 0.358 e. The summed E-state index contributed by atoms with van der Waals surface area (Å²) in [5.74, 6) is 0. The van der Waals surface area contributed by atoms with Gasteiger partial charge < -0.3 is 10.7 Å². The molecule has 1 heterocycles. The molecule has 86 valence electrons. The quantitative estimate of drug-likeness (QED) is 0.810. The average Bonchev–Trinajstić information content (AvgIpc) is 2.62. The van der Waals surface area contributed by atoms with Gasteiger partial charge in [0.25, 0.3) is 0 Å². The Balaban J connectivity index is 2.26. The summed E-state index contributed by atoms with van der Waals surface area (Å²) in [5, 5.41) is 1.35. The molecule has 16 heavy (non-hydrogen) atoms. The van der Waals surface area contributed by atoms with E-state index >= 15 is 0 Å². The minimum absolute atomic E-state index is 0.327. The molecule has 1 aromatic carbocycles. The molecule has 2 heteroatoms. The summed E-state index contributed by atoms with van der Waals surface area (Å²) in [4.78, 5) is 3.43. The van der Waals surface area contributed by atoms with Gasteiger partial charge in [0.2, 0.25) is 0 Å². The first-order chi connectivity index (χ1) is 7.72. The monoisotopic (exact) mass is 216 g/mol. The maximum Gasteiger partial charge on any atom is 0.0458 e. The van der Waals surface area contributed by atoms with Gasteiger partial charge in [-0.2, -0.15) is 0 Å². The second-order valence-corrected chi connectivity index (χ2v) is 4.48.